The predicted molar refractivity (Wildman–Crippen MR) is 80.3 cm³/mol. The van der Waals surface area contributed by atoms with Crippen LogP contribution in [0.15, 0.2) is 0 Å². The molecule has 1 fully saturated rings. The van der Waals surface area contributed by atoms with Crippen LogP contribution < -0.4 is 5.32 Å². The van der Waals surface area contributed by atoms with Gasteiger partial charge in [-0.25, -0.2) is 4.79 Å². The molecule has 6 nitrogen and oxygen atoms in total. The Balaban J connectivity index is 2.68. The lowest BCUT2D eigenvalue weighted by molar-refractivity contribution is -0.139. The summed E-state index contributed by atoms with van der Waals surface area (Å²) in [6.45, 7) is 8.09. The van der Waals surface area contributed by atoms with Gasteiger partial charge in [-0.05, 0) is 40.2 Å². The summed E-state index contributed by atoms with van der Waals surface area (Å²) in [5.74, 6) is -0.835. The number of aliphatic carboxylic acids is 1. The molecule has 0 aliphatic heterocycles. The summed E-state index contributed by atoms with van der Waals surface area (Å²) < 4.78 is 5.30. The van der Waals surface area contributed by atoms with Crippen LogP contribution in [0.2, 0.25) is 0 Å². The van der Waals surface area contributed by atoms with E-state index < -0.39 is 17.7 Å². The Bertz CT molecular complexity index is 365. The van der Waals surface area contributed by atoms with Crippen molar-refractivity contribution in [3.63, 3.8) is 0 Å². The largest absolute Gasteiger partial charge is 0.480 e. The molecule has 1 amide bonds. The summed E-state index contributed by atoms with van der Waals surface area (Å²) in [6, 6.07) is 0.0141. The van der Waals surface area contributed by atoms with Crippen molar-refractivity contribution in [2.75, 3.05) is 13.1 Å². The van der Waals surface area contributed by atoms with E-state index in [0.717, 1.165) is 25.7 Å². The molecular formula is C15H28N2O4. The first kappa shape index (κ1) is 17.8. The summed E-state index contributed by atoms with van der Waals surface area (Å²) in [6.07, 6.45) is 3.45. The minimum absolute atomic E-state index is 0.00760. The Hall–Kier alpha value is -1.30. The van der Waals surface area contributed by atoms with Crippen molar-refractivity contribution < 1.29 is 19.4 Å². The number of nitrogens with one attached hydrogen (secondary N) is 1. The van der Waals surface area contributed by atoms with Crippen molar-refractivity contribution >= 4 is 12.1 Å². The molecule has 21 heavy (non-hydrogen) atoms. The first-order valence-electron chi connectivity index (χ1n) is 7.68. The zero-order valence-electron chi connectivity index (χ0n) is 13.5. The average Bonchev–Trinajstić information content (AvgIpc) is 2.34. The molecule has 2 N–H and O–H groups in total. The van der Waals surface area contributed by atoms with E-state index in [2.05, 4.69) is 5.32 Å². The molecule has 0 saturated heterocycles. The molecule has 0 unspecified atom stereocenters. The number of hydrogen-bond acceptors (Lipinski definition) is 4. The van der Waals surface area contributed by atoms with E-state index >= 15 is 0 Å². The predicted octanol–water partition coefficient (Wildman–Crippen LogP) is 2.23. The van der Waals surface area contributed by atoms with Crippen LogP contribution in [0.5, 0.6) is 0 Å². The Kier molecular flexibility index (Phi) is 6.45. The van der Waals surface area contributed by atoms with Crippen molar-refractivity contribution in [1.29, 1.82) is 0 Å². The lowest BCUT2D eigenvalue weighted by Crippen LogP contribution is -2.55. The van der Waals surface area contributed by atoms with Crippen LogP contribution in [0.1, 0.15) is 53.4 Å². The SMILES string of the molecule is CCN(CC(=O)O)[C@H]1CCCC[C@H]1NC(=O)OC(C)(C)C. The second-order valence-electron chi connectivity index (χ2n) is 6.56. The lowest BCUT2D eigenvalue weighted by atomic mass is 9.89. The van der Waals surface area contributed by atoms with Crippen LogP contribution >= 0.6 is 0 Å². The number of hydrogen-bond donors (Lipinski definition) is 2. The Labute approximate surface area is 126 Å². The van der Waals surface area contributed by atoms with E-state index in [9.17, 15) is 9.59 Å². The van der Waals surface area contributed by atoms with Crippen molar-refractivity contribution in [3.8, 4) is 0 Å². The van der Waals surface area contributed by atoms with Gasteiger partial charge in [-0.1, -0.05) is 19.8 Å². The second kappa shape index (κ2) is 7.64. The number of alkyl carbamates (subject to hydrolysis) is 1. The third-order valence-electron chi connectivity index (χ3n) is 3.65. The smallest absolute Gasteiger partial charge is 0.407 e. The number of rotatable bonds is 5. The normalized spacial score (nSPS) is 22.9. The molecule has 2 atom stereocenters. The lowest BCUT2D eigenvalue weighted by Gasteiger charge is -2.39. The maximum atomic E-state index is 11.9. The Morgan fingerprint density at radius 3 is 2.43 bits per heavy atom. The van der Waals surface area contributed by atoms with Gasteiger partial charge in [0.1, 0.15) is 5.60 Å². The summed E-state index contributed by atoms with van der Waals surface area (Å²) in [4.78, 5) is 24.8. The van der Waals surface area contributed by atoms with Gasteiger partial charge in [-0.3, -0.25) is 9.69 Å². The van der Waals surface area contributed by atoms with E-state index in [0.29, 0.717) is 6.54 Å². The fourth-order valence-corrected chi connectivity index (χ4v) is 2.81. The van der Waals surface area contributed by atoms with Crippen molar-refractivity contribution in [3.05, 3.63) is 0 Å². The van der Waals surface area contributed by atoms with Gasteiger partial charge in [-0.2, -0.15) is 0 Å². The molecule has 0 bridgehead atoms. The highest BCUT2D eigenvalue weighted by molar-refractivity contribution is 5.69. The van der Waals surface area contributed by atoms with Gasteiger partial charge < -0.3 is 15.2 Å². The molecule has 1 aliphatic rings. The number of carbonyl (C=O) groups excluding carboxylic acids is 1. The zero-order valence-corrected chi connectivity index (χ0v) is 13.5. The first-order valence-corrected chi connectivity index (χ1v) is 7.68. The van der Waals surface area contributed by atoms with Gasteiger partial charge in [0.2, 0.25) is 0 Å². The number of carboxylic acids is 1. The van der Waals surface area contributed by atoms with Crippen LogP contribution in [-0.2, 0) is 9.53 Å². The number of nitrogens with zero attached hydrogens (tertiary/aromatic N) is 1. The molecule has 122 valence electrons. The van der Waals surface area contributed by atoms with Crippen LogP contribution in [0.3, 0.4) is 0 Å². The van der Waals surface area contributed by atoms with E-state index in [1.807, 2.05) is 32.6 Å². The van der Waals surface area contributed by atoms with Crippen LogP contribution in [-0.4, -0.2) is 52.8 Å². The van der Waals surface area contributed by atoms with Crippen molar-refractivity contribution in [2.24, 2.45) is 0 Å². The monoisotopic (exact) mass is 300 g/mol. The minimum Gasteiger partial charge on any atom is -0.480 e. The van der Waals surface area contributed by atoms with E-state index in [1.54, 1.807) is 0 Å². The highest BCUT2D eigenvalue weighted by atomic mass is 16.6. The average molecular weight is 300 g/mol. The van der Waals surface area contributed by atoms with Gasteiger partial charge in [0.05, 0.1) is 6.54 Å². The molecule has 1 rings (SSSR count). The number of carbonyl (C=O) groups is 2. The maximum Gasteiger partial charge on any atom is 0.407 e. The number of carboxylic acid groups (broad SMARTS) is 1. The van der Waals surface area contributed by atoms with Crippen LogP contribution in [0.4, 0.5) is 4.79 Å². The molecule has 0 spiro atoms. The molecule has 0 aromatic heterocycles. The van der Waals surface area contributed by atoms with Crippen LogP contribution in [0, 0.1) is 0 Å². The number of amides is 1. The molecule has 6 heteroatoms. The zero-order chi connectivity index (χ0) is 16.0. The highest BCUT2D eigenvalue weighted by Crippen LogP contribution is 2.23. The number of ether oxygens (including phenoxy) is 1. The molecule has 0 radical (unpaired) electrons. The molecule has 1 saturated carbocycles. The van der Waals surface area contributed by atoms with Crippen LogP contribution in [0.25, 0.3) is 0 Å². The molecule has 0 aromatic carbocycles. The van der Waals surface area contributed by atoms with Gasteiger partial charge in [0, 0.05) is 12.1 Å². The highest BCUT2D eigenvalue weighted by Gasteiger charge is 2.32. The molecular weight excluding hydrogens is 272 g/mol. The van der Waals surface area contributed by atoms with Gasteiger partial charge >= 0.3 is 12.1 Å². The third kappa shape index (κ3) is 6.33. The van der Waals surface area contributed by atoms with Gasteiger partial charge in [0.15, 0.2) is 0 Å². The second-order valence-corrected chi connectivity index (χ2v) is 6.56. The Morgan fingerprint density at radius 2 is 1.90 bits per heavy atom. The van der Waals surface area contributed by atoms with E-state index in [-0.39, 0.29) is 18.6 Å². The summed E-state index contributed by atoms with van der Waals surface area (Å²) >= 11 is 0. The van der Waals surface area contributed by atoms with Gasteiger partial charge in [0.25, 0.3) is 0 Å². The topological polar surface area (TPSA) is 78.9 Å². The molecule has 0 aromatic rings. The quantitative estimate of drug-likeness (QED) is 0.814. The number of likely N-dealkylation sites (N-methyl/N-ethyl adjacent to an activating group) is 1. The maximum absolute atomic E-state index is 11.9. The summed E-state index contributed by atoms with van der Waals surface area (Å²) in [5.41, 5.74) is -0.528. The van der Waals surface area contributed by atoms with Gasteiger partial charge in [-0.15, -0.1) is 0 Å². The van der Waals surface area contributed by atoms with Crippen molar-refractivity contribution in [2.45, 2.75) is 71.1 Å². The standard InChI is InChI=1S/C15H28N2O4/c1-5-17(10-13(18)19)12-9-7-6-8-11(12)16-14(20)21-15(2,3)4/h11-12H,5-10H2,1-4H3,(H,16,20)(H,18,19)/t11-,12+/m1/s1. The summed E-state index contributed by atoms with van der Waals surface area (Å²) in [7, 11) is 0. The van der Waals surface area contributed by atoms with E-state index in [4.69, 9.17) is 9.84 Å². The fourth-order valence-electron chi connectivity index (χ4n) is 2.81. The first-order chi connectivity index (χ1) is 9.73. The third-order valence-corrected chi connectivity index (χ3v) is 3.65. The van der Waals surface area contributed by atoms with Crippen molar-refractivity contribution in [1.82, 2.24) is 10.2 Å². The van der Waals surface area contributed by atoms with E-state index in [1.165, 1.54) is 0 Å². The minimum atomic E-state index is -0.835. The fraction of sp³-hybridized carbons (Fsp3) is 0.867. The molecule has 1 aliphatic carbocycles. The Morgan fingerprint density at radius 1 is 1.29 bits per heavy atom. The summed E-state index contributed by atoms with van der Waals surface area (Å²) in [5, 5.41) is 11.9. The molecule has 0 heterocycles.